The van der Waals surface area contributed by atoms with Crippen LogP contribution in [0.3, 0.4) is 0 Å². The van der Waals surface area contributed by atoms with E-state index in [9.17, 15) is 0 Å². The van der Waals surface area contributed by atoms with E-state index in [4.69, 9.17) is 0 Å². The van der Waals surface area contributed by atoms with Gasteiger partial charge in [0.1, 0.15) is 0 Å². The third kappa shape index (κ3) is 11.8. The second-order valence-corrected chi connectivity index (χ2v) is 12.3. The average Bonchev–Trinajstić information content (AvgIpc) is 3.26. The molecule has 0 atom stereocenters. The molecule has 0 fully saturated rings. The van der Waals surface area contributed by atoms with E-state index in [0.29, 0.717) is 0 Å². The zero-order valence-corrected chi connectivity index (χ0v) is 33.6. The SMILES string of the molecule is CC.CC.CC=Cc1ccc(N(c2ccccc2)c2ccccc2C)cc1.Cc1ccccc1N(c1ccccc1)c1ccc(C=Cc2ccccc2)cc1. The van der Waals surface area contributed by atoms with Crippen LogP contribution in [0.2, 0.25) is 0 Å². The zero-order valence-electron chi connectivity index (χ0n) is 33.6. The van der Waals surface area contributed by atoms with Gasteiger partial charge in [-0.15, -0.1) is 0 Å². The molecule has 0 amide bonds. The van der Waals surface area contributed by atoms with Gasteiger partial charge in [-0.05, 0) is 109 Å². The molecule has 55 heavy (non-hydrogen) atoms. The Morgan fingerprint density at radius 2 is 0.600 bits per heavy atom. The van der Waals surface area contributed by atoms with Crippen molar-refractivity contribution in [3.63, 3.8) is 0 Å². The zero-order chi connectivity index (χ0) is 39.3. The van der Waals surface area contributed by atoms with E-state index in [1.54, 1.807) is 0 Å². The van der Waals surface area contributed by atoms with Gasteiger partial charge >= 0.3 is 0 Å². The summed E-state index contributed by atoms with van der Waals surface area (Å²) in [4.78, 5) is 4.61. The van der Waals surface area contributed by atoms with Crippen molar-refractivity contribution in [1.82, 2.24) is 0 Å². The summed E-state index contributed by atoms with van der Waals surface area (Å²) in [5.41, 5.74) is 13.2. The number of aryl methyl sites for hydroxylation is 2. The second-order valence-electron chi connectivity index (χ2n) is 12.3. The van der Waals surface area contributed by atoms with Gasteiger partial charge < -0.3 is 9.80 Å². The molecule has 0 bridgehead atoms. The summed E-state index contributed by atoms with van der Waals surface area (Å²) in [6.07, 6.45) is 8.47. The van der Waals surface area contributed by atoms with Crippen molar-refractivity contribution in [3.05, 3.63) is 222 Å². The van der Waals surface area contributed by atoms with Crippen LogP contribution in [0.1, 0.15) is 62.4 Å². The Labute approximate surface area is 331 Å². The van der Waals surface area contributed by atoms with Gasteiger partial charge in [-0.1, -0.05) is 179 Å². The molecule has 2 nitrogen and oxygen atoms in total. The van der Waals surface area contributed by atoms with Crippen molar-refractivity contribution in [1.29, 1.82) is 0 Å². The van der Waals surface area contributed by atoms with Gasteiger partial charge in [0.05, 0.1) is 0 Å². The van der Waals surface area contributed by atoms with Crippen molar-refractivity contribution >= 4 is 52.4 Å². The van der Waals surface area contributed by atoms with Crippen molar-refractivity contribution in [2.24, 2.45) is 0 Å². The molecule has 0 saturated carbocycles. The molecular formula is C53H56N2. The number of benzene rings is 7. The van der Waals surface area contributed by atoms with Crippen LogP contribution in [-0.2, 0) is 0 Å². The fourth-order valence-electron chi connectivity index (χ4n) is 6.06. The minimum Gasteiger partial charge on any atom is -0.310 e. The number of para-hydroxylation sites is 4. The first-order valence-corrected chi connectivity index (χ1v) is 19.5. The van der Waals surface area contributed by atoms with Crippen LogP contribution in [0.4, 0.5) is 34.1 Å². The van der Waals surface area contributed by atoms with Crippen LogP contribution < -0.4 is 9.80 Å². The Morgan fingerprint density at radius 3 is 0.964 bits per heavy atom. The van der Waals surface area contributed by atoms with E-state index >= 15 is 0 Å². The molecule has 0 aliphatic rings. The summed E-state index contributed by atoms with van der Waals surface area (Å²) in [6, 6.07) is 65.8. The lowest BCUT2D eigenvalue weighted by Crippen LogP contribution is -2.11. The average molecular weight is 721 g/mol. The Hall–Kier alpha value is -6.38. The van der Waals surface area contributed by atoms with Crippen molar-refractivity contribution in [3.8, 4) is 0 Å². The number of hydrogen-bond acceptors (Lipinski definition) is 2. The number of rotatable bonds is 9. The summed E-state index contributed by atoms with van der Waals surface area (Å²) in [6.45, 7) is 14.3. The van der Waals surface area contributed by atoms with Gasteiger partial charge in [0.25, 0.3) is 0 Å². The quantitative estimate of drug-likeness (QED) is 0.137. The van der Waals surface area contributed by atoms with E-state index in [1.807, 2.05) is 40.7 Å². The lowest BCUT2D eigenvalue weighted by atomic mass is 10.1. The molecule has 0 aliphatic carbocycles. The van der Waals surface area contributed by atoms with Gasteiger partial charge in [0.2, 0.25) is 0 Å². The molecule has 7 aromatic carbocycles. The van der Waals surface area contributed by atoms with Crippen molar-refractivity contribution in [2.45, 2.75) is 48.5 Å². The number of allylic oxidation sites excluding steroid dienone is 1. The predicted octanol–water partition coefficient (Wildman–Crippen LogP) is 16.2. The first-order chi connectivity index (χ1) is 27.1. The smallest absolute Gasteiger partial charge is 0.0490 e. The molecule has 0 heterocycles. The highest BCUT2D eigenvalue weighted by Gasteiger charge is 2.15. The monoisotopic (exact) mass is 720 g/mol. The molecule has 0 radical (unpaired) electrons. The minimum atomic E-state index is 1.15. The normalized spacial score (nSPS) is 10.3. The van der Waals surface area contributed by atoms with Crippen LogP contribution in [0.25, 0.3) is 18.2 Å². The molecule has 7 aromatic rings. The van der Waals surface area contributed by atoms with Gasteiger partial charge in [-0.25, -0.2) is 0 Å². The van der Waals surface area contributed by atoms with Gasteiger partial charge in [0.15, 0.2) is 0 Å². The maximum atomic E-state index is 2.31. The fraction of sp³-hybridized carbons (Fsp3) is 0.132. The highest BCUT2D eigenvalue weighted by molar-refractivity contribution is 5.80. The van der Waals surface area contributed by atoms with E-state index in [0.717, 1.165) is 11.4 Å². The van der Waals surface area contributed by atoms with Crippen molar-refractivity contribution in [2.75, 3.05) is 9.80 Å². The third-order valence-electron chi connectivity index (χ3n) is 8.67. The van der Waals surface area contributed by atoms with Crippen LogP contribution in [-0.4, -0.2) is 0 Å². The molecule has 0 N–H and O–H groups in total. The molecular weight excluding hydrogens is 665 g/mol. The summed E-state index contributed by atoms with van der Waals surface area (Å²) in [5.74, 6) is 0. The lowest BCUT2D eigenvalue weighted by molar-refractivity contribution is 1.25. The maximum absolute atomic E-state index is 2.31. The molecule has 278 valence electrons. The topological polar surface area (TPSA) is 6.48 Å². The standard InChI is InChI=1S/C27H23N.C22H21N.2C2H6/c1-22-10-8-9-15-27(22)28(25-13-6-3-7-14-25)26-20-18-24(19-21-26)17-16-23-11-4-2-5-12-23;1-3-9-19-14-16-21(17-15-19)23(20-11-5-4-6-12-20)22-13-8-7-10-18(22)2;2*1-2/h2-21H,1H3;3-17H,1-2H3;2*1-2H3. The van der Waals surface area contributed by atoms with Crippen LogP contribution >= 0.6 is 0 Å². The number of hydrogen-bond donors (Lipinski definition) is 0. The van der Waals surface area contributed by atoms with Gasteiger partial charge in [-0.3, -0.25) is 0 Å². The lowest BCUT2D eigenvalue weighted by Gasteiger charge is -2.27. The van der Waals surface area contributed by atoms with E-state index in [2.05, 4.69) is 230 Å². The maximum Gasteiger partial charge on any atom is 0.0490 e. The molecule has 0 saturated heterocycles. The molecule has 7 rings (SSSR count). The first-order valence-electron chi connectivity index (χ1n) is 19.5. The summed E-state index contributed by atoms with van der Waals surface area (Å²) < 4.78 is 0. The Bertz CT molecular complexity index is 2150. The second kappa shape index (κ2) is 22.6. The number of anilines is 6. The largest absolute Gasteiger partial charge is 0.310 e. The van der Waals surface area contributed by atoms with Gasteiger partial charge in [0, 0.05) is 34.1 Å². The molecule has 0 aromatic heterocycles. The van der Waals surface area contributed by atoms with E-state index < -0.39 is 0 Å². The highest BCUT2D eigenvalue weighted by Crippen LogP contribution is 2.37. The van der Waals surface area contributed by atoms with Crippen LogP contribution in [0, 0.1) is 13.8 Å². The first kappa shape index (κ1) is 41.4. The summed E-state index contributed by atoms with van der Waals surface area (Å²) >= 11 is 0. The van der Waals surface area contributed by atoms with Crippen LogP contribution in [0.15, 0.2) is 194 Å². The molecule has 0 aliphatic heterocycles. The summed E-state index contributed by atoms with van der Waals surface area (Å²) in [5, 5.41) is 0. The number of nitrogens with zero attached hydrogens (tertiary/aromatic N) is 2. The predicted molar refractivity (Wildman–Crippen MR) is 244 cm³/mol. The Morgan fingerprint density at radius 1 is 0.309 bits per heavy atom. The third-order valence-corrected chi connectivity index (χ3v) is 8.67. The molecule has 2 heteroatoms. The minimum absolute atomic E-state index is 1.15. The highest BCUT2D eigenvalue weighted by atomic mass is 15.1. The van der Waals surface area contributed by atoms with Crippen molar-refractivity contribution < 1.29 is 0 Å². The fourth-order valence-corrected chi connectivity index (χ4v) is 6.06. The summed E-state index contributed by atoms with van der Waals surface area (Å²) in [7, 11) is 0. The van der Waals surface area contributed by atoms with Gasteiger partial charge in [-0.2, -0.15) is 0 Å². The van der Waals surface area contributed by atoms with E-state index in [-0.39, 0.29) is 0 Å². The van der Waals surface area contributed by atoms with Crippen LogP contribution in [0.5, 0.6) is 0 Å². The molecule has 0 spiro atoms. The Balaban J connectivity index is 0.000000228. The van der Waals surface area contributed by atoms with E-state index in [1.165, 1.54) is 50.6 Å². The Kier molecular flexibility index (Phi) is 17.0. The molecule has 0 unspecified atom stereocenters.